The van der Waals surface area contributed by atoms with Crippen LogP contribution in [0, 0.1) is 10.1 Å². The van der Waals surface area contributed by atoms with E-state index in [1.807, 2.05) is 6.92 Å². The summed E-state index contributed by atoms with van der Waals surface area (Å²) in [6.45, 7) is 1.88. The first-order chi connectivity index (χ1) is 14.1. The number of nitro benzene ring substituents is 1. The van der Waals surface area contributed by atoms with Gasteiger partial charge in [0, 0.05) is 24.6 Å². The van der Waals surface area contributed by atoms with Gasteiger partial charge >= 0.3 is 6.18 Å². The molecule has 0 fully saturated rings. The Kier molecular flexibility index (Phi) is 7.34. The number of hydrazine groups is 1. The van der Waals surface area contributed by atoms with E-state index in [9.17, 15) is 32.9 Å². The molecule has 0 atom stereocenters. The maximum atomic E-state index is 12.7. The maximum Gasteiger partial charge on any atom is 0.416 e. The number of halogens is 3. The lowest BCUT2D eigenvalue weighted by molar-refractivity contribution is -0.384. The molecule has 0 radical (unpaired) electrons. The van der Waals surface area contributed by atoms with Crippen molar-refractivity contribution in [2.75, 3.05) is 11.9 Å². The van der Waals surface area contributed by atoms with Crippen molar-refractivity contribution in [1.29, 1.82) is 0 Å². The van der Waals surface area contributed by atoms with Crippen molar-refractivity contribution < 1.29 is 27.7 Å². The molecule has 0 unspecified atom stereocenters. The number of carbonyl (C=O) groups excluding carboxylic acids is 2. The Morgan fingerprint density at radius 1 is 1.07 bits per heavy atom. The van der Waals surface area contributed by atoms with Crippen molar-refractivity contribution in [3.8, 4) is 0 Å². The van der Waals surface area contributed by atoms with Gasteiger partial charge in [-0.15, -0.1) is 0 Å². The quantitative estimate of drug-likeness (QED) is 0.466. The Morgan fingerprint density at radius 3 is 2.30 bits per heavy atom. The number of rotatable bonds is 7. The zero-order chi connectivity index (χ0) is 22.3. The van der Waals surface area contributed by atoms with Gasteiger partial charge in [-0.3, -0.25) is 30.6 Å². The number of hydrogen-bond donors (Lipinski definition) is 3. The standard InChI is InChI=1S/C19H19F3N4O4/c1-2-12-3-5-13(6-4-12)18(28)25-24-17(27)9-10-23-15-8-7-14(19(20,21)22)11-16(15)26(29)30/h3-8,11,23H,2,9-10H2,1H3,(H,24,27)(H,25,28). The number of anilines is 1. The van der Waals surface area contributed by atoms with Crippen LogP contribution in [0.1, 0.15) is 34.8 Å². The van der Waals surface area contributed by atoms with E-state index in [1.165, 1.54) is 0 Å². The highest BCUT2D eigenvalue weighted by molar-refractivity contribution is 5.95. The molecule has 2 amide bonds. The monoisotopic (exact) mass is 424 g/mol. The summed E-state index contributed by atoms with van der Waals surface area (Å²) in [7, 11) is 0. The molecule has 3 N–H and O–H groups in total. The lowest BCUT2D eigenvalue weighted by Crippen LogP contribution is -2.42. The average Bonchev–Trinajstić information content (AvgIpc) is 2.71. The van der Waals surface area contributed by atoms with E-state index in [0.717, 1.165) is 18.1 Å². The van der Waals surface area contributed by atoms with Gasteiger partial charge in [0.05, 0.1) is 10.5 Å². The van der Waals surface area contributed by atoms with Gasteiger partial charge in [-0.25, -0.2) is 0 Å². The number of aryl methyl sites for hydroxylation is 1. The second kappa shape index (κ2) is 9.72. The molecule has 0 saturated heterocycles. The second-order valence-corrected chi connectivity index (χ2v) is 6.22. The number of hydrogen-bond acceptors (Lipinski definition) is 5. The van der Waals surface area contributed by atoms with Crippen molar-refractivity contribution in [2.45, 2.75) is 25.9 Å². The topological polar surface area (TPSA) is 113 Å². The molecule has 0 saturated carbocycles. The lowest BCUT2D eigenvalue weighted by atomic mass is 10.1. The zero-order valence-corrected chi connectivity index (χ0v) is 15.9. The number of carbonyl (C=O) groups is 2. The summed E-state index contributed by atoms with van der Waals surface area (Å²) in [5.74, 6) is -1.10. The summed E-state index contributed by atoms with van der Waals surface area (Å²) in [5, 5.41) is 13.6. The molecule has 11 heteroatoms. The summed E-state index contributed by atoms with van der Waals surface area (Å²) >= 11 is 0. The molecule has 8 nitrogen and oxygen atoms in total. The summed E-state index contributed by atoms with van der Waals surface area (Å²) < 4.78 is 38.1. The molecule has 2 aromatic rings. The number of alkyl halides is 3. The van der Waals surface area contributed by atoms with Gasteiger partial charge < -0.3 is 5.32 Å². The summed E-state index contributed by atoms with van der Waals surface area (Å²) in [6.07, 6.45) is -4.08. The first-order valence-electron chi connectivity index (χ1n) is 8.89. The van der Waals surface area contributed by atoms with Crippen LogP contribution in [0.25, 0.3) is 0 Å². The molecular formula is C19H19F3N4O4. The fourth-order valence-corrected chi connectivity index (χ4v) is 2.47. The minimum atomic E-state index is -4.71. The van der Waals surface area contributed by atoms with Gasteiger partial charge in [0.25, 0.3) is 11.6 Å². The summed E-state index contributed by atoms with van der Waals surface area (Å²) in [4.78, 5) is 33.9. The van der Waals surface area contributed by atoms with Gasteiger partial charge in [0.2, 0.25) is 5.91 Å². The highest BCUT2D eigenvalue weighted by atomic mass is 19.4. The van der Waals surface area contributed by atoms with E-state index in [4.69, 9.17) is 0 Å². The molecule has 0 aliphatic carbocycles. The molecular weight excluding hydrogens is 405 g/mol. The molecule has 0 aromatic heterocycles. The number of nitrogens with zero attached hydrogens (tertiary/aromatic N) is 1. The molecule has 0 bridgehead atoms. The predicted octanol–water partition coefficient (Wildman–Crippen LogP) is 3.44. The number of nitro groups is 1. The largest absolute Gasteiger partial charge is 0.416 e. The van der Waals surface area contributed by atoms with Crippen LogP contribution in [0.5, 0.6) is 0 Å². The van der Waals surface area contributed by atoms with E-state index in [1.54, 1.807) is 24.3 Å². The van der Waals surface area contributed by atoms with Crippen LogP contribution in [0.15, 0.2) is 42.5 Å². The summed E-state index contributed by atoms with van der Waals surface area (Å²) in [5.41, 5.74) is 3.79. The van der Waals surface area contributed by atoms with Crippen molar-refractivity contribution >= 4 is 23.2 Å². The van der Waals surface area contributed by atoms with Crippen LogP contribution in [0.4, 0.5) is 24.5 Å². The van der Waals surface area contributed by atoms with Crippen molar-refractivity contribution in [2.24, 2.45) is 0 Å². The zero-order valence-electron chi connectivity index (χ0n) is 15.9. The molecule has 0 spiro atoms. The maximum absolute atomic E-state index is 12.7. The summed E-state index contributed by atoms with van der Waals surface area (Å²) in [6, 6.07) is 8.87. The van der Waals surface area contributed by atoms with Crippen molar-refractivity contribution in [3.63, 3.8) is 0 Å². The normalized spacial score (nSPS) is 10.9. The van der Waals surface area contributed by atoms with Gasteiger partial charge in [0.1, 0.15) is 5.69 Å². The van der Waals surface area contributed by atoms with E-state index in [0.29, 0.717) is 17.7 Å². The van der Waals surface area contributed by atoms with E-state index in [-0.39, 0.29) is 18.7 Å². The molecule has 0 aliphatic heterocycles. The molecule has 2 aromatic carbocycles. The van der Waals surface area contributed by atoms with Crippen molar-refractivity contribution in [3.05, 3.63) is 69.3 Å². The van der Waals surface area contributed by atoms with Crippen LogP contribution in [-0.2, 0) is 17.4 Å². The Morgan fingerprint density at radius 2 is 1.73 bits per heavy atom. The van der Waals surface area contributed by atoms with Crippen molar-refractivity contribution in [1.82, 2.24) is 10.9 Å². The highest BCUT2D eigenvalue weighted by Crippen LogP contribution is 2.34. The number of amides is 2. The van der Waals surface area contributed by atoms with Gasteiger partial charge in [-0.1, -0.05) is 19.1 Å². The first-order valence-corrected chi connectivity index (χ1v) is 8.89. The minimum absolute atomic E-state index is 0.0981. The van der Waals surface area contributed by atoms with Crippen LogP contribution >= 0.6 is 0 Å². The van der Waals surface area contributed by atoms with Gasteiger partial charge in [-0.05, 0) is 36.2 Å². The van der Waals surface area contributed by atoms with Gasteiger partial charge in [0.15, 0.2) is 0 Å². The molecule has 0 aliphatic rings. The first kappa shape index (κ1) is 22.7. The fraction of sp³-hybridized carbons (Fsp3) is 0.263. The predicted molar refractivity (Wildman–Crippen MR) is 103 cm³/mol. The lowest BCUT2D eigenvalue weighted by Gasteiger charge is -2.11. The van der Waals surface area contributed by atoms with Crippen LogP contribution < -0.4 is 16.2 Å². The smallest absolute Gasteiger partial charge is 0.379 e. The van der Waals surface area contributed by atoms with E-state index in [2.05, 4.69) is 16.2 Å². The fourth-order valence-electron chi connectivity index (χ4n) is 2.47. The van der Waals surface area contributed by atoms with Gasteiger partial charge in [-0.2, -0.15) is 13.2 Å². The third kappa shape index (κ3) is 6.19. The second-order valence-electron chi connectivity index (χ2n) is 6.22. The number of benzene rings is 2. The van der Waals surface area contributed by atoms with Crippen LogP contribution in [-0.4, -0.2) is 23.3 Å². The number of nitrogens with one attached hydrogen (secondary N) is 3. The third-order valence-corrected chi connectivity index (χ3v) is 4.13. The van der Waals surface area contributed by atoms with Crippen LogP contribution in [0.3, 0.4) is 0 Å². The Labute approximate surface area is 169 Å². The molecule has 0 heterocycles. The molecule has 160 valence electrons. The minimum Gasteiger partial charge on any atom is -0.379 e. The average molecular weight is 424 g/mol. The van der Waals surface area contributed by atoms with E-state index < -0.39 is 34.2 Å². The Bertz CT molecular complexity index is 930. The Hall–Kier alpha value is -3.63. The highest BCUT2D eigenvalue weighted by Gasteiger charge is 2.33. The molecule has 2 rings (SSSR count). The Balaban J connectivity index is 1.86. The SMILES string of the molecule is CCc1ccc(C(=O)NNC(=O)CCNc2ccc(C(F)(F)F)cc2[N+](=O)[O-])cc1. The van der Waals surface area contributed by atoms with Crippen LogP contribution in [0.2, 0.25) is 0 Å². The third-order valence-electron chi connectivity index (χ3n) is 4.13. The molecule has 30 heavy (non-hydrogen) atoms. The van der Waals surface area contributed by atoms with E-state index >= 15 is 0 Å².